The number of benzene rings is 1. The van der Waals surface area contributed by atoms with Crippen molar-refractivity contribution in [3.05, 3.63) is 53.2 Å². The predicted octanol–water partition coefficient (Wildman–Crippen LogP) is 3.57. The predicted molar refractivity (Wildman–Crippen MR) is 94.9 cm³/mol. The van der Waals surface area contributed by atoms with Crippen LogP contribution in [0.15, 0.2) is 41.9 Å². The van der Waals surface area contributed by atoms with Crippen LogP contribution < -0.4 is 20.1 Å². The Hall–Kier alpha value is -3.13. The summed E-state index contributed by atoms with van der Waals surface area (Å²) in [4.78, 5) is 20.7. The molecule has 25 heavy (non-hydrogen) atoms. The molecule has 1 aliphatic heterocycles. The second-order valence-corrected chi connectivity index (χ2v) is 6.26. The van der Waals surface area contributed by atoms with Gasteiger partial charge in [-0.05, 0) is 36.8 Å². The molecule has 8 heteroatoms. The number of hydrogen-bond acceptors (Lipinski definition) is 7. The lowest BCUT2D eigenvalue weighted by Crippen LogP contribution is -2.13. The van der Waals surface area contributed by atoms with Gasteiger partial charge in [-0.3, -0.25) is 4.79 Å². The zero-order chi connectivity index (χ0) is 17.2. The first-order chi connectivity index (χ1) is 12.2. The molecule has 2 aromatic heterocycles. The summed E-state index contributed by atoms with van der Waals surface area (Å²) in [5.41, 5.74) is 2.16. The lowest BCUT2D eigenvalue weighted by atomic mass is 10.3. The Morgan fingerprint density at radius 2 is 2.08 bits per heavy atom. The fourth-order valence-corrected chi connectivity index (χ4v) is 3.03. The van der Waals surface area contributed by atoms with Crippen LogP contribution in [0.5, 0.6) is 11.5 Å². The van der Waals surface area contributed by atoms with Crippen LogP contribution in [0.4, 0.5) is 16.6 Å². The number of fused-ring (bicyclic) bond motifs is 1. The minimum atomic E-state index is -0.298. The Morgan fingerprint density at radius 1 is 1.20 bits per heavy atom. The Labute approximate surface area is 147 Å². The van der Waals surface area contributed by atoms with E-state index in [0.29, 0.717) is 22.4 Å². The van der Waals surface area contributed by atoms with Gasteiger partial charge in [-0.2, -0.15) is 0 Å². The Morgan fingerprint density at radius 3 is 2.96 bits per heavy atom. The van der Waals surface area contributed by atoms with E-state index in [-0.39, 0.29) is 12.7 Å². The molecule has 4 rings (SSSR count). The van der Waals surface area contributed by atoms with Crippen LogP contribution in [-0.2, 0) is 0 Å². The number of pyridine rings is 1. The lowest BCUT2D eigenvalue weighted by Gasteiger charge is -2.04. The maximum Gasteiger partial charge on any atom is 0.276 e. The second kappa shape index (κ2) is 6.40. The quantitative estimate of drug-likeness (QED) is 0.745. The molecular formula is C17H14N4O3S. The van der Waals surface area contributed by atoms with E-state index in [2.05, 4.69) is 20.6 Å². The van der Waals surface area contributed by atoms with E-state index in [0.717, 1.165) is 17.0 Å². The Kier molecular flexibility index (Phi) is 3.95. The normalized spacial score (nSPS) is 12.0. The molecule has 0 bridgehead atoms. The smallest absolute Gasteiger partial charge is 0.276 e. The molecule has 7 nitrogen and oxygen atoms in total. The molecule has 2 N–H and O–H groups in total. The summed E-state index contributed by atoms with van der Waals surface area (Å²) in [6.45, 7) is 2.17. The first kappa shape index (κ1) is 15.4. The lowest BCUT2D eigenvalue weighted by molar-refractivity contribution is 0.102. The van der Waals surface area contributed by atoms with Crippen LogP contribution in [0, 0.1) is 6.92 Å². The number of rotatable bonds is 4. The van der Waals surface area contributed by atoms with Gasteiger partial charge in [-0.25, -0.2) is 9.97 Å². The van der Waals surface area contributed by atoms with E-state index >= 15 is 0 Å². The van der Waals surface area contributed by atoms with Crippen molar-refractivity contribution in [2.45, 2.75) is 6.92 Å². The zero-order valence-electron chi connectivity index (χ0n) is 13.3. The SMILES string of the molecule is Cc1ccnc(NC(=O)c2csc(Nc3ccc4c(c3)OCO4)n2)c1. The highest BCUT2D eigenvalue weighted by Crippen LogP contribution is 2.35. The van der Waals surface area contributed by atoms with Crippen molar-refractivity contribution in [2.75, 3.05) is 17.4 Å². The number of nitrogens with one attached hydrogen (secondary N) is 2. The highest BCUT2D eigenvalue weighted by molar-refractivity contribution is 7.14. The summed E-state index contributed by atoms with van der Waals surface area (Å²) in [7, 11) is 0. The molecule has 0 saturated carbocycles. The average Bonchev–Trinajstić information content (AvgIpc) is 3.23. The molecule has 0 atom stereocenters. The standard InChI is InChI=1S/C17H14N4O3S/c1-10-4-5-18-15(6-10)21-16(22)12-8-25-17(20-12)19-11-2-3-13-14(7-11)24-9-23-13/h2-8H,9H2,1H3,(H,19,20)(H,18,21,22). The number of anilines is 3. The molecule has 0 spiro atoms. The minimum Gasteiger partial charge on any atom is -0.454 e. The molecule has 0 fully saturated rings. The fraction of sp³-hybridized carbons (Fsp3) is 0.118. The highest BCUT2D eigenvalue weighted by Gasteiger charge is 2.15. The van der Waals surface area contributed by atoms with Crippen molar-refractivity contribution < 1.29 is 14.3 Å². The summed E-state index contributed by atoms with van der Waals surface area (Å²) >= 11 is 1.34. The monoisotopic (exact) mass is 354 g/mol. The van der Waals surface area contributed by atoms with Gasteiger partial charge in [0.2, 0.25) is 6.79 Å². The van der Waals surface area contributed by atoms with Gasteiger partial charge >= 0.3 is 0 Å². The van der Waals surface area contributed by atoms with E-state index in [4.69, 9.17) is 9.47 Å². The molecule has 1 aliphatic rings. The van der Waals surface area contributed by atoms with Gasteiger partial charge in [0.15, 0.2) is 16.6 Å². The molecule has 0 aliphatic carbocycles. The van der Waals surface area contributed by atoms with Gasteiger partial charge in [0.05, 0.1) is 0 Å². The van der Waals surface area contributed by atoms with E-state index < -0.39 is 0 Å². The first-order valence-corrected chi connectivity index (χ1v) is 8.41. The topological polar surface area (TPSA) is 85.4 Å². The van der Waals surface area contributed by atoms with E-state index in [1.54, 1.807) is 17.6 Å². The van der Waals surface area contributed by atoms with Crippen LogP contribution in [0.1, 0.15) is 16.1 Å². The van der Waals surface area contributed by atoms with Gasteiger partial charge < -0.3 is 20.1 Å². The largest absolute Gasteiger partial charge is 0.454 e. The molecule has 3 aromatic rings. The maximum atomic E-state index is 12.3. The Balaban J connectivity index is 1.45. The van der Waals surface area contributed by atoms with Crippen LogP contribution in [0.2, 0.25) is 0 Å². The second-order valence-electron chi connectivity index (χ2n) is 5.40. The van der Waals surface area contributed by atoms with Crippen LogP contribution in [-0.4, -0.2) is 22.7 Å². The Bertz CT molecular complexity index is 941. The van der Waals surface area contributed by atoms with Gasteiger partial charge in [0.1, 0.15) is 11.5 Å². The summed E-state index contributed by atoms with van der Waals surface area (Å²) in [5, 5.41) is 8.21. The number of aryl methyl sites for hydroxylation is 1. The molecule has 0 saturated heterocycles. The molecule has 3 heterocycles. The summed E-state index contributed by atoms with van der Waals surface area (Å²) in [6.07, 6.45) is 1.65. The summed E-state index contributed by atoms with van der Waals surface area (Å²) in [5.74, 6) is 1.61. The molecule has 0 radical (unpaired) electrons. The van der Waals surface area contributed by atoms with Gasteiger partial charge in [-0.1, -0.05) is 0 Å². The van der Waals surface area contributed by atoms with Crippen molar-refractivity contribution in [3.8, 4) is 11.5 Å². The summed E-state index contributed by atoms with van der Waals surface area (Å²) < 4.78 is 10.6. The molecular weight excluding hydrogens is 340 g/mol. The molecule has 0 unspecified atom stereocenters. The first-order valence-electron chi connectivity index (χ1n) is 7.53. The van der Waals surface area contributed by atoms with Crippen molar-refractivity contribution in [1.29, 1.82) is 0 Å². The van der Waals surface area contributed by atoms with E-state index in [1.807, 2.05) is 31.2 Å². The highest BCUT2D eigenvalue weighted by atomic mass is 32.1. The number of hydrogen-bond donors (Lipinski definition) is 2. The molecule has 1 amide bonds. The summed E-state index contributed by atoms with van der Waals surface area (Å²) in [6, 6.07) is 9.20. The van der Waals surface area contributed by atoms with Crippen LogP contribution in [0.3, 0.4) is 0 Å². The third-order valence-corrected chi connectivity index (χ3v) is 4.28. The third-order valence-electron chi connectivity index (χ3n) is 3.52. The zero-order valence-corrected chi connectivity index (χ0v) is 14.1. The van der Waals surface area contributed by atoms with Crippen molar-refractivity contribution in [2.24, 2.45) is 0 Å². The van der Waals surface area contributed by atoms with Gasteiger partial charge in [0.25, 0.3) is 5.91 Å². The number of ether oxygens (including phenoxy) is 2. The maximum absolute atomic E-state index is 12.3. The minimum absolute atomic E-state index is 0.230. The van der Waals surface area contributed by atoms with Gasteiger partial charge in [-0.15, -0.1) is 11.3 Å². The average molecular weight is 354 g/mol. The number of carbonyl (C=O) groups excluding carboxylic acids is 1. The van der Waals surface area contributed by atoms with Crippen LogP contribution in [0.25, 0.3) is 0 Å². The molecule has 1 aromatic carbocycles. The van der Waals surface area contributed by atoms with Crippen molar-refractivity contribution in [1.82, 2.24) is 9.97 Å². The number of amides is 1. The molecule has 126 valence electrons. The van der Waals surface area contributed by atoms with Crippen molar-refractivity contribution in [3.63, 3.8) is 0 Å². The number of aromatic nitrogens is 2. The van der Waals surface area contributed by atoms with Gasteiger partial charge in [0, 0.05) is 23.3 Å². The fourth-order valence-electron chi connectivity index (χ4n) is 2.32. The van der Waals surface area contributed by atoms with Crippen molar-refractivity contribution >= 4 is 33.9 Å². The van der Waals surface area contributed by atoms with Crippen LogP contribution >= 0.6 is 11.3 Å². The van der Waals surface area contributed by atoms with E-state index in [1.165, 1.54) is 11.3 Å². The van der Waals surface area contributed by atoms with E-state index in [9.17, 15) is 4.79 Å². The number of carbonyl (C=O) groups is 1. The number of nitrogens with zero attached hydrogens (tertiary/aromatic N) is 2. The third kappa shape index (κ3) is 3.38. The number of thiazole rings is 1.